The van der Waals surface area contributed by atoms with Crippen LogP contribution in [0.4, 0.5) is 0 Å². The lowest BCUT2D eigenvalue weighted by molar-refractivity contribution is 0.0998. The number of rotatable bonds is 4. The summed E-state index contributed by atoms with van der Waals surface area (Å²) in [6.07, 6.45) is 5.55. The number of benzene rings is 2. The Morgan fingerprint density at radius 1 is 1.22 bits per heavy atom. The molecule has 0 aliphatic heterocycles. The maximum Gasteiger partial charge on any atom is 0.279 e. The van der Waals surface area contributed by atoms with E-state index in [-0.39, 0.29) is 5.91 Å². The van der Waals surface area contributed by atoms with Crippen LogP contribution < -0.4 is 4.80 Å². The van der Waals surface area contributed by atoms with Crippen molar-refractivity contribution in [2.45, 2.75) is 44.4 Å². The molecule has 5 heteroatoms. The van der Waals surface area contributed by atoms with Gasteiger partial charge in [0.25, 0.3) is 5.91 Å². The summed E-state index contributed by atoms with van der Waals surface area (Å²) in [6, 6.07) is 11.9. The molecule has 2 aromatic carbocycles. The van der Waals surface area contributed by atoms with Gasteiger partial charge in [0, 0.05) is 15.7 Å². The maximum absolute atomic E-state index is 12.7. The first-order valence-electron chi connectivity index (χ1n) is 8.79. The number of hydrogen-bond donors (Lipinski definition) is 0. The van der Waals surface area contributed by atoms with Crippen molar-refractivity contribution in [3.63, 3.8) is 0 Å². The molecule has 3 nitrogen and oxygen atoms in total. The number of carbonyl (C=O) groups is 1. The van der Waals surface area contributed by atoms with Crippen molar-refractivity contribution in [2.75, 3.05) is 0 Å². The molecule has 0 fully saturated rings. The van der Waals surface area contributed by atoms with E-state index in [4.69, 9.17) is 6.42 Å². The van der Waals surface area contributed by atoms with Crippen molar-refractivity contribution < 1.29 is 4.79 Å². The second kappa shape index (κ2) is 8.16. The normalized spacial score (nSPS) is 11.9. The number of aromatic nitrogens is 1. The smallest absolute Gasteiger partial charge is 0.279 e. The molecule has 0 bridgehead atoms. The maximum atomic E-state index is 12.7. The molecule has 0 radical (unpaired) electrons. The summed E-state index contributed by atoms with van der Waals surface area (Å²) in [5.74, 6) is 2.42. The van der Waals surface area contributed by atoms with Gasteiger partial charge in [0.15, 0.2) is 4.80 Å². The van der Waals surface area contributed by atoms with Crippen LogP contribution in [0.2, 0.25) is 0 Å². The molecule has 1 amide bonds. The lowest BCUT2D eigenvalue weighted by Crippen LogP contribution is -2.16. The van der Waals surface area contributed by atoms with Crippen molar-refractivity contribution in [2.24, 2.45) is 4.99 Å². The highest BCUT2D eigenvalue weighted by Crippen LogP contribution is 2.24. The van der Waals surface area contributed by atoms with E-state index >= 15 is 0 Å². The fourth-order valence-corrected chi connectivity index (χ4v) is 4.70. The second-order valence-electron chi connectivity index (χ2n) is 6.69. The van der Waals surface area contributed by atoms with Gasteiger partial charge >= 0.3 is 0 Å². The minimum atomic E-state index is -0.248. The van der Waals surface area contributed by atoms with E-state index in [1.807, 2.05) is 28.8 Å². The van der Waals surface area contributed by atoms with Crippen LogP contribution in [-0.4, -0.2) is 15.7 Å². The van der Waals surface area contributed by atoms with Crippen LogP contribution in [0.15, 0.2) is 46.3 Å². The zero-order valence-corrected chi connectivity index (χ0v) is 17.6. The van der Waals surface area contributed by atoms with Crippen LogP contribution in [0, 0.1) is 26.2 Å². The fraction of sp³-hybridized carbons (Fsp3) is 0.273. The highest BCUT2D eigenvalue weighted by Gasteiger charge is 2.10. The van der Waals surface area contributed by atoms with Crippen molar-refractivity contribution in [1.82, 2.24) is 4.57 Å². The van der Waals surface area contributed by atoms with Crippen LogP contribution in [0.3, 0.4) is 0 Å². The van der Waals surface area contributed by atoms with Crippen molar-refractivity contribution in [3.8, 4) is 12.3 Å². The Balaban J connectivity index is 2.03. The van der Waals surface area contributed by atoms with Crippen molar-refractivity contribution >= 4 is 39.2 Å². The number of nitrogens with zero attached hydrogens (tertiary/aromatic N) is 2. The number of hydrogen-bond acceptors (Lipinski definition) is 3. The van der Waals surface area contributed by atoms with E-state index < -0.39 is 0 Å². The van der Waals surface area contributed by atoms with E-state index in [1.54, 1.807) is 11.8 Å². The number of amides is 1. The summed E-state index contributed by atoms with van der Waals surface area (Å²) in [4.78, 5) is 18.8. The van der Waals surface area contributed by atoms with E-state index in [0.717, 1.165) is 15.1 Å². The van der Waals surface area contributed by atoms with E-state index in [1.165, 1.54) is 22.5 Å². The fourth-order valence-electron chi connectivity index (χ4n) is 2.75. The first-order chi connectivity index (χ1) is 12.9. The van der Waals surface area contributed by atoms with Gasteiger partial charge in [0.05, 0.1) is 16.8 Å². The van der Waals surface area contributed by atoms with Gasteiger partial charge in [-0.2, -0.15) is 4.99 Å². The molecule has 0 saturated carbocycles. The van der Waals surface area contributed by atoms with Gasteiger partial charge in [-0.1, -0.05) is 31.1 Å². The third-order valence-corrected chi connectivity index (χ3v) is 6.27. The lowest BCUT2D eigenvalue weighted by Gasteiger charge is -2.05. The molecule has 1 heterocycles. The predicted octanol–water partition coefficient (Wildman–Crippen LogP) is 5.19. The molecular weight excluding hydrogens is 372 g/mol. The number of fused-ring (bicyclic) bond motifs is 1. The first-order valence-corrected chi connectivity index (χ1v) is 10.5. The van der Waals surface area contributed by atoms with Gasteiger partial charge in [-0.25, -0.2) is 0 Å². The van der Waals surface area contributed by atoms with Crippen LogP contribution >= 0.6 is 23.1 Å². The van der Waals surface area contributed by atoms with Gasteiger partial charge in [0.2, 0.25) is 0 Å². The van der Waals surface area contributed by atoms with Crippen LogP contribution in [0.25, 0.3) is 10.2 Å². The van der Waals surface area contributed by atoms with Gasteiger partial charge in [-0.15, -0.1) is 18.2 Å². The summed E-state index contributed by atoms with van der Waals surface area (Å²) >= 11 is 3.27. The minimum absolute atomic E-state index is 0.248. The molecule has 0 N–H and O–H groups in total. The molecule has 0 saturated heterocycles. The number of terminal acetylenes is 1. The summed E-state index contributed by atoms with van der Waals surface area (Å²) in [5, 5.41) is 0.504. The monoisotopic (exact) mass is 394 g/mol. The highest BCUT2D eigenvalue weighted by molar-refractivity contribution is 7.99. The average molecular weight is 395 g/mol. The van der Waals surface area contributed by atoms with Gasteiger partial charge < -0.3 is 4.57 Å². The van der Waals surface area contributed by atoms with Crippen molar-refractivity contribution in [3.05, 3.63) is 57.9 Å². The predicted molar refractivity (Wildman–Crippen MR) is 115 cm³/mol. The molecule has 3 rings (SSSR count). The molecule has 1 aromatic heterocycles. The summed E-state index contributed by atoms with van der Waals surface area (Å²) in [7, 11) is 0. The Hall–Kier alpha value is -2.29. The van der Waals surface area contributed by atoms with Crippen LogP contribution in [0.5, 0.6) is 0 Å². The molecule has 0 unspecified atom stereocenters. The summed E-state index contributed by atoms with van der Waals surface area (Å²) in [6.45, 7) is 8.84. The van der Waals surface area contributed by atoms with Crippen LogP contribution in [-0.2, 0) is 6.54 Å². The molecule has 0 atom stereocenters. The standard InChI is InChI=1S/C22H22N2OS2/c1-6-11-24-19-12-15(4)16(5)13-20(19)27-22(24)23-21(25)17-7-9-18(10-8-17)26-14(2)3/h1,7-10,12-14H,11H2,2-5H3. The van der Waals surface area contributed by atoms with E-state index in [9.17, 15) is 4.79 Å². The Kier molecular flexibility index (Phi) is 5.88. The topological polar surface area (TPSA) is 34.4 Å². The number of thioether (sulfide) groups is 1. The Labute approximate surface area is 168 Å². The molecule has 138 valence electrons. The zero-order chi connectivity index (χ0) is 19.6. The minimum Gasteiger partial charge on any atom is -0.305 e. The van der Waals surface area contributed by atoms with Gasteiger partial charge in [0.1, 0.15) is 0 Å². The number of carbonyl (C=O) groups excluding carboxylic acids is 1. The molecule has 0 spiro atoms. The van der Waals surface area contributed by atoms with Crippen LogP contribution in [0.1, 0.15) is 35.3 Å². The largest absolute Gasteiger partial charge is 0.305 e. The molecule has 0 aliphatic carbocycles. The van der Waals surface area contributed by atoms with E-state index in [0.29, 0.717) is 22.2 Å². The number of thiazole rings is 1. The SMILES string of the molecule is C#CCn1c(=NC(=O)c2ccc(SC(C)C)cc2)sc2cc(C)c(C)cc21. The number of aryl methyl sites for hydroxylation is 2. The van der Waals surface area contributed by atoms with Gasteiger partial charge in [-0.3, -0.25) is 4.79 Å². The molecule has 27 heavy (non-hydrogen) atoms. The second-order valence-corrected chi connectivity index (χ2v) is 9.35. The lowest BCUT2D eigenvalue weighted by atomic mass is 10.1. The quantitative estimate of drug-likeness (QED) is 0.450. The molecule has 0 aliphatic rings. The highest BCUT2D eigenvalue weighted by atomic mass is 32.2. The Morgan fingerprint density at radius 3 is 2.52 bits per heavy atom. The summed E-state index contributed by atoms with van der Waals surface area (Å²) < 4.78 is 3.02. The van der Waals surface area contributed by atoms with E-state index in [2.05, 4.69) is 50.7 Å². The third kappa shape index (κ3) is 4.35. The Bertz CT molecular complexity index is 1100. The average Bonchev–Trinajstić information content (AvgIpc) is 2.92. The van der Waals surface area contributed by atoms with Gasteiger partial charge in [-0.05, 0) is 61.4 Å². The zero-order valence-electron chi connectivity index (χ0n) is 15.9. The molecular formula is C22H22N2OS2. The third-order valence-electron chi connectivity index (χ3n) is 4.22. The Morgan fingerprint density at radius 2 is 1.89 bits per heavy atom. The summed E-state index contributed by atoms with van der Waals surface area (Å²) in [5.41, 5.74) is 4.02. The first kappa shape index (κ1) is 19.5. The molecule has 3 aromatic rings. The van der Waals surface area contributed by atoms with Crippen molar-refractivity contribution in [1.29, 1.82) is 0 Å².